The van der Waals surface area contributed by atoms with Gasteiger partial charge in [-0.3, -0.25) is 9.69 Å². The molecule has 0 amide bonds. The summed E-state index contributed by atoms with van der Waals surface area (Å²) in [5, 5.41) is 8.79. The monoisotopic (exact) mass is 204 g/mol. The lowest BCUT2D eigenvalue weighted by atomic mass is 10.0. The smallest absolute Gasteiger partial charge is 0.324 e. The molecule has 2 unspecified atom stereocenters. The number of alkyl halides is 1. The highest BCUT2D eigenvalue weighted by atomic mass is 19.1. The van der Waals surface area contributed by atoms with Crippen LogP contribution >= 0.6 is 0 Å². The summed E-state index contributed by atoms with van der Waals surface area (Å²) in [6.45, 7) is 2.71. The third-order valence-electron chi connectivity index (χ3n) is 2.49. The average molecular weight is 204 g/mol. The molecule has 1 rings (SSSR count). The van der Waals surface area contributed by atoms with E-state index in [9.17, 15) is 9.18 Å². The van der Waals surface area contributed by atoms with Crippen molar-refractivity contribution in [2.24, 2.45) is 5.73 Å². The van der Waals surface area contributed by atoms with Crippen LogP contribution in [0.25, 0.3) is 0 Å². The van der Waals surface area contributed by atoms with E-state index in [4.69, 9.17) is 10.8 Å². The summed E-state index contributed by atoms with van der Waals surface area (Å²) in [6.07, 6.45) is 0.509. The van der Waals surface area contributed by atoms with Crippen molar-refractivity contribution >= 4 is 5.97 Å². The summed E-state index contributed by atoms with van der Waals surface area (Å²) in [5.74, 6) is -1.04. The minimum Gasteiger partial charge on any atom is -0.480 e. The van der Waals surface area contributed by atoms with Crippen molar-refractivity contribution in [3.8, 4) is 0 Å². The van der Waals surface area contributed by atoms with Crippen LogP contribution in [0.2, 0.25) is 0 Å². The van der Waals surface area contributed by atoms with Gasteiger partial charge in [0.2, 0.25) is 0 Å². The van der Waals surface area contributed by atoms with Gasteiger partial charge in [-0.05, 0) is 26.3 Å². The van der Waals surface area contributed by atoms with Crippen molar-refractivity contribution < 1.29 is 14.3 Å². The molecule has 3 N–H and O–H groups in total. The highest BCUT2D eigenvalue weighted by Gasteiger charge is 2.32. The van der Waals surface area contributed by atoms with Gasteiger partial charge in [-0.1, -0.05) is 0 Å². The molecule has 0 aliphatic carbocycles. The number of carbonyl (C=O) groups is 1. The molecular formula is C9H17FN2O2. The number of hydrogen-bond donors (Lipinski definition) is 2. The number of rotatable bonds is 3. The fraction of sp³-hybridized carbons (Fsp3) is 0.889. The molecule has 82 valence electrons. The second-order valence-corrected chi connectivity index (χ2v) is 4.20. The standard InChI is InChI=1S/C9H17FN2O2/c1-9(11,8(13)14)6-12-4-2-3-7(10)5-12/h7H,2-6,11H2,1H3,(H,13,14). The largest absolute Gasteiger partial charge is 0.480 e. The van der Waals surface area contributed by atoms with E-state index >= 15 is 0 Å². The summed E-state index contributed by atoms with van der Waals surface area (Å²) < 4.78 is 13.0. The quantitative estimate of drug-likeness (QED) is 0.690. The zero-order valence-corrected chi connectivity index (χ0v) is 8.37. The highest BCUT2D eigenvalue weighted by molar-refractivity contribution is 5.78. The van der Waals surface area contributed by atoms with Crippen LogP contribution in [0.3, 0.4) is 0 Å². The molecule has 0 aromatic rings. The first-order valence-electron chi connectivity index (χ1n) is 4.80. The van der Waals surface area contributed by atoms with Gasteiger partial charge in [0.05, 0.1) is 0 Å². The van der Waals surface area contributed by atoms with E-state index < -0.39 is 17.7 Å². The van der Waals surface area contributed by atoms with Crippen LogP contribution in [-0.2, 0) is 4.79 Å². The number of hydrogen-bond acceptors (Lipinski definition) is 3. The van der Waals surface area contributed by atoms with Crippen molar-refractivity contribution in [2.75, 3.05) is 19.6 Å². The summed E-state index contributed by atoms with van der Waals surface area (Å²) >= 11 is 0. The maximum Gasteiger partial charge on any atom is 0.324 e. The van der Waals surface area contributed by atoms with E-state index in [0.717, 1.165) is 13.0 Å². The number of nitrogens with two attached hydrogens (primary N) is 1. The number of aliphatic carboxylic acids is 1. The Labute approximate surface area is 82.9 Å². The Morgan fingerprint density at radius 1 is 1.79 bits per heavy atom. The molecule has 0 aromatic heterocycles. The molecule has 2 atom stereocenters. The Morgan fingerprint density at radius 3 is 2.93 bits per heavy atom. The zero-order valence-electron chi connectivity index (χ0n) is 8.37. The van der Waals surface area contributed by atoms with Crippen LogP contribution in [0.4, 0.5) is 4.39 Å². The van der Waals surface area contributed by atoms with E-state index in [-0.39, 0.29) is 6.54 Å². The van der Waals surface area contributed by atoms with Gasteiger partial charge >= 0.3 is 5.97 Å². The molecule has 0 bridgehead atoms. The minimum atomic E-state index is -1.28. The van der Waals surface area contributed by atoms with Crippen molar-refractivity contribution in [3.05, 3.63) is 0 Å². The summed E-state index contributed by atoms with van der Waals surface area (Å²) in [6, 6.07) is 0. The average Bonchev–Trinajstić information content (AvgIpc) is 2.02. The predicted octanol–water partition coefficient (Wildman–Crippen LogP) is 0.222. The first-order chi connectivity index (χ1) is 6.42. The molecule has 0 spiro atoms. The van der Waals surface area contributed by atoms with Crippen molar-refractivity contribution in [1.29, 1.82) is 0 Å². The van der Waals surface area contributed by atoms with Gasteiger partial charge in [-0.2, -0.15) is 0 Å². The van der Waals surface area contributed by atoms with Gasteiger partial charge in [0.15, 0.2) is 0 Å². The van der Waals surface area contributed by atoms with Gasteiger partial charge in [0.25, 0.3) is 0 Å². The molecule has 1 fully saturated rings. The number of carboxylic acids is 1. The molecule has 1 aliphatic rings. The maximum absolute atomic E-state index is 13.0. The van der Waals surface area contributed by atoms with Crippen LogP contribution in [0.5, 0.6) is 0 Å². The molecule has 14 heavy (non-hydrogen) atoms. The molecule has 4 nitrogen and oxygen atoms in total. The van der Waals surface area contributed by atoms with E-state index in [1.807, 2.05) is 0 Å². The topological polar surface area (TPSA) is 66.6 Å². The Hall–Kier alpha value is -0.680. The lowest BCUT2D eigenvalue weighted by molar-refractivity contribution is -0.143. The Bertz CT molecular complexity index is 221. The summed E-state index contributed by atoms with van der Waals surface area (Å²) in [4.78, 5) is 12.5. The van der Waals surface area contributed by atoms with E-state index in [2.05, 4.69) is 0 Å². The second kappa shape index (κ2) is 4.23. The highest BCUT2D eigenvalue weighted by Crippen LogP contribution is 2.15. The van der Waals surface area contributed by atoms with Crippen LogP contribution < -0.4 is 5.73 Å². The SMILES string of the molecule is CC(N)(CN1CCCC(F)C1)C(=O)O. The maximum atomic E-state index is 13.0. The number of piperidine rings is 1. The van der Waals surface area contributed by atoms with Gasteiger partial charge in [0, 0.05) is 13.1 Å². The molecule has 1 heterocycles. The lowest BCUT2D eigenvalue weighted by Gasteiger charge is -2.33. The number of carboxylic acid groups (broad SMARTS) is 1. The molecule has 0 radical (unpaired) electrons. The van der Waals surface area contributed by atoms with E-state index in [1.54, 1.807) is 4.90 Å². The van der Waals surface area contributed by atoms with Crippen LogP contribution in [-0.4, -0.2) is 47.3 Å². The van der Waals surface area contributed by atoms with Crippen molar-refractivity contribution in [1.82, 2.24) is 4.90 Å². The Balaban J connectivity index is 2.47. The molecule has 0 saturated carbocycles. The molecule has 0 aromatic carbocycles. The predicted molar refractivity (Wildman–Crippen MR) is 50.8 cm³/mol. The Morgan fingerprint density at radius 2 is 2.43 bits per heavy atom. The molecule has 5 heteroatoms. The third-order valence-corrected chi connectivity index (χ3v) is 2.49. The molecule has 1 saturated heterocycles. The van der Waals surface area contributed by atoms with Crippen LogP contribution in [0, 0.1) is 0 Å². The fourth-order valence-corrected chi connectivity index (χ4v) is 1.67. The van der Waals surface area contributed by atoms with E-state index in [0.29, 0.717) is 13.0 Å². The van der Waals surface area contributed by atoms with Gasteiger partial charge < -0.3 is 10.8 Å². The summed E-state index contributed by atoms with van der Waals surface area (Å²) in [5.41, 5.74) is 4.29. The second-order valence-electron chi connectivity index (χ2n) is 4.20. The number of likely N-dealkylation sites (tertiary alicyclic amines) is 1. The normalized spacial score (nSPS) is 28.4. The zero-order chi connectivity index (χ0) is 10.8. The van der Waals surface area contributed by atoms with Gasteiger partial charge in [-0.15, -0.1) is 0 Å². The first kappa shape index (κ1) is 11.4. The van der Waals surface area contributed by atoms with Gasteiger partial charge in [-0.25, -0.2) is 4.39 Å². The minimum absolute atomic E-state index is 0.211. The summed E-state index contributed by atoms with van der Waals surface area (Å²) in [7, 11) is 0. The molecule has 1 aliphatic heterocycles. The van der Waals surface area contributed by atoms with Crippen LogP contribution in [0.1, 0.15) is 19.8 Å². The Kier molecular flexibility index (Phi) is 3.44. The lowest BCUT2D eigenvalue weighted by Crippen LogP contribution is -2.55. The van der Waals surface area contributed by atoms with Crippen molar-refractivity contribution in [3.63, 3.8) is 0 Å². The van der Waals surface area contributed by atoms with Crippen LogP contribution in [0.15, 0.2) is 0 Å². The third kappa shape index (κ3) is 2.92. The van der Waals surface area contributed by atoms with Crippen molar-refractivity contribution in [2.45, 2.75) is 31.5 Å². The van der Waals surface area contributed by atoms with Gasteiger partial charge in [0.1, 0.15) is 11.7 Å². The fourth-order valence-electron chi connectivity index (χ4n) is 1.67. The van der Waals surface area contributed by atoms with E-state index in [1.165, 1.54) is 6.92 Å². The number of nitrogens with zero attached hydrogens (tertiary/aromatic N) is 1. The molecular weight excluding hydrogens is 187 g/mol. The number of halogens is 1. The first-order valence-corrected chi connectivity index (χ1v) is 4.80.